The molecule has 0 amide bonds. The number of hydrogen-bond donors (Lipinski definition) is 1. The molecule has 0 aliphatic heterocycles. The van der Waals surface area contributed by atoms with Gasteiger partial charge in [0.1, 0.15) is 6.54 Å². The summed E-state index contributed by atoms with van der Waals surface area (Å²) in [5.74, 6) is -0.409. The van der Waals surface area contributed by atoms with Crippen LogP contribution in [0.15, 0.2) is 30.6 Å². The normalized spacial score (nSPS) is 10.6. The smallest absolute Gasteiger partial charge is 0.318 e. The van der Waals surface area contributed by atoms with E-state index in [9.17, 15) is 4.79 Å². The highest BCUT2D eigenvalue weighted by molar-refractivity contribution is 14.1. The molecule has 0 aliphatic rings. The van der Waals surface area contributed by atoms with Gasteiger partial charge in [-0.15, -0.1) is 20.4 Å². The third-order valence-corrected chi connectivity index (χ3v) is 2.94. The van der Waals surface area contributed by atoms with Crippen molar-refractivity contribution in [1.82, 2.24) is 23.5 Å². The molecule has 2 aromatic rings. The van der Waals surface area contributed by atoms with Crippen LogP contribution in [0, 0.1) is 0 Å². The summed E-state index contributed by atoms with van der Waals surface area (Å²) < 4.78 is 1.68. The second kappa shape index (κ2) is 6.48. The van der Waals surface area contributed by atoms with Gasteiger partial charge >= 0.3 is 5.97 Å². The van der Waals surface area contributed by atoms with Crippen molar-refractivity contribution in [3.05, 3.63) is 36.2 Å². The molecule has 0 aliphatic carbocycles. The zero-order valence-electron chi connectivity index (χ0n) is 9.77. The number of nitrogens with zero attached hydrogens (tertiary/aromatic N) is 5. The van der Waals surface area contributed by atoms with E-state index in [1.165, 1.54) is 6.33 Å². The average Bonchev–Trinajstić information content (AvgIpc) is 2.39. The topological polar surface area (TPSA) is 92.1 Å². The molecule has 0 fully saturated rings. The van der Waals surface area contributed by atoms with Crippen LogP contribution in [0.1, 0.15) is 5.56 Å². The minimum Gasteiger partial charge on any atom is -0.480 e. The molecular weight excluding hydrogens is 361 g/mol. The maximum atomic E-state index is 10.6. The molecule has 0 saturated carbocycles. The maximum Gasteiger partial charge on any atom is 0.318 e. The average molecular weight is 371 g/mol. The van der Waals surface area contributed by atoms with E-state index in [1.807, 2.05) is 47.1 Å². The maximum absolute atomic E-state index is 10.6. The molecule has 98 valence electrons. The van der Waals surface area contributed by atoms with Gasteiger partial charge in [0.2, 0.25) is 5.82 Å². The predicted molar refractivity (Wildman–Crippen MR) is 75.1 cm³/mol. The molecule has 0 radical (unpaired) electrons. The number of carbonyl (C=O) groups is 1. The Bertz CT molecular complexity index is 566. The SMILES string of the molecule is O=C(O)CN(I)Cc1cccc(-c2nncnn2)c1. The van der Waals surface area contributed by atoms with Gasteiger partial charge in [-0.25, -0.2) is 3.11 Å². The first kappa shape index (κ1) is 13.7. The molecule has 8 heteroatoms. The molecule has 1 heterocycles. The Morgan fingerprint density at radius 2 is 2.05 bits per heavy atom. The van der Waals surface area contributed by atoms with E-state index in [-0.39, 0.29) is 6.54 Å². The van der Waals surface area contributed by atoms with Gasteiger partial charge < -0.3 is 5.11 Å². The predicted octanol–water partition coefficient (Wildman–Crippen LogP) is 1.17. The van der Waals surface area contributed by atoms with E-state index in [1.54, 1.807) is 3.11 Å². The van der Waals surface area contributed by atoms with Crippen LogP contribution in [0.3, 0.4) is 0 Å². The van der Waals surface area contributed by atoms with E-state index in [0.717, 1.165) is 11.1 Å². The van der Waals surface area contributed by atoms with Crippen LogP contribution in [-0.4, -0.2) is 41.1 Å². The van der Waals surface area contributed by atoms with E-state index >= 15 is 0 Å². The fourth-order valence-electron chi connectivity index (χ4n) is 1.53. The van der Waals surface area contributed by atoms with Gasteiger partial charge in [-0.05, 0) is 11.6 Å². The van der Waals surface area contributed by atoms with Crippen LogP contribution in [0.2, 0.25) is 0 Å². The van der Waals surface area contributed by atoms with Crippen LogP contribution < -0.4 is 0 Å². The number of benzene rings is 1. The van der Waals surface area contributed by atoms with Crippen LogP contribution in [0.25, 0.3) is 11.4 Å². The Morgan fingerprint density at radius 1 is 1.32 bits per heavy atom. The van der Waals surface area contributed by atoms with Crippen molar-refractivity contribution in [3.8, 4) is 11.4 Å². The molecule has 19 heavy (non-hydrogen) atoms. The molecule has 0 bridgehead atoms. The summed E-state index contributed by atoms with van der Waals surface area (Å²) in [5, 5.41) is 23.8. The molecule has 1 N–H and O–H groups in total. The molecule has 0 saturated heterocycles. The van der Waals surface area contributed by atoms with Crippen LogP contribution >= 0.6 is 22.9 Å². The number of rotatable bonds is 5. The second-order valence-electron chi connectivity index (χ2n) is 3.74. The summed E-state index contributed by atoms with van der Waals surface area (Å²) >= 11 is 1.98. The molecular formula is C11H10IN5O2. The number of carboxylic acid groups (broad SMARTS) is 1. The summed E-state index contributed by atoms with van der Waals surface area (Å²) in [5.41, 5.74) is 1.78. The highest BCUT2D eigenvalue weighted by atomic mass is 127. The number of aliphatic carboxylic acids is 1. The Hall–Kier alpha value is -1.68. The zero-order valence-corrected chi connectivity index (χ0v) is 11.9. The minimum absolute atomic E-state index is 0.0181. The van der Waals surface area contributed by atoms with E-state index < -0.39 is 5.97 Å². The number of hydrogen-bond acceptors (Lipinski definition) is 6. The summed E-state index contributed by atoms with van der Waals surface area (Å²) in [6.45, 7) is 0.504. The molecule has 0 unspecified atom stereocenters. The zero-order chi connectivity index (χ0) is 13.7. The summed E-state index contributed by atoms with van der Waals surface area (Å²) in [6.07, 6.45) is 1.27. The lowest BCUT2D eigenvalue weighted by Gasteiger charge is -2.11. The fourth-order valence-corrected chi connectivity index (χ4v) is 2.21. The first-order valence-electron chi connectivity index (χ1n) is 5.37. The molecule has 2 rings (SSSR count). The first-order valence-corrected chi connectivity index (χ1v) is 6.34. The van der Waals surface area contributed by atoms with E-state index in [0.29, 0.717) is 12.4 Å². The molecule has 0 spiro atoms. The van der Waals surface area contributed by atoms with Crippen LogP contribution in [-0.2, 0) is 11.3 Å². The molecule has 0 atom stereocenters. The quantitative estimate of drug-likeness (QED) is 0.623. The summed E-state index contributed by atoms with van der Waals surface area (Å²) in [4.78, 5) is 10.6. The van der Waals surface area contributed by atoms with Gasteiger partial charge in [0.05, 0.1) is 0 Å². The lowest BCUT2D eigenvalue weighted by molar-refractivity contribution is -0.136. The van der Waals surface area contributed by atoms with Gasteiger partial charge in [0, 0.05) is 35.0 Å². The fraction of sp³-hybridized carbons (Fsp3) is 0.182. The van der Waals surface area contributed by atoms with Gasteiger partial charge in [0.25, 0.3) is 0 Å². The largest absolute Gasteiger partial charge is 0.480 e. The van der Waals surface area contributed by atoms with Crippen molar-refractivity contribution < 1.29 is 9.90 Å². The Balaban J connectivity index is 2.14. The van der Waals surface area contributed by atoms with Gasteiger partial charge in [0.15, 0.2) is 6.33 Å². The van der Waals surface area contributed by atoms with Crippen molar-refractivity contribution >= 4 is 28.8 Å². The highest BCUT2D eigenvalue weighted by Crippen LogP contribution is 2.17. The Labute approximate surface area is 123 Å². The van der Waals surface area contributed by atoms with Crippen molar-refractivity contribution in [2.75, 3.05) is 6.54 Å². The van der Waals surface area contributed by atoms with Crippen molar-refractivity contribution in [2.45, 2.75) is 6.54 Å². The van der Waals surface area contributed by atoms with Crippen molar-refractivity contribution in [3.63, 3.8) is 0 Å². The second-order valence-corrected chi connectivity index (χ2v) is 5.11. The van der Waals surface area contributed by atoms with Crippen LogP contribution in [0.5, 0.6) is 0 Å². The monoisotopic (exact) mass is 371 g/mol. The number of aromatic nitrogens is 4. The number of halogens is 1. The van der Waals surface area contributed by atoms with Crippen LogP contribution in [0.4, 0.5) is 0 Å². The van der Waals surface area contributed by atoms with Crippen molar-refractivity contribution in [2.24, 2.45) is 0 Å². The Morgan fingerprint density at radius 3 is 2.74 bits per heavy atom. The minimum atomic E-state index is -0.856. The molecule has 1 aromatic carbocycles. The third kappa shape index (κ3) is 4.17. The first-order chi connectivity index (χ1) is 9.15. The summed E-state index contributed by atoms with van der Waals surface area (Å²) in [6, 6.07) is 7.54. The van der Waals surface area contributed by atoms with Crippen molar-refractivity contribution in [1.29, 1.82) is 0 Å². The number of carboxylic acids is 1. The summed E-state index contributed by atoms with van der Waals surface area (Å²) in [7, 11) is 0. The molecule has 7 nitrogen and oxygen atoms in total. The third-order valence-electron chi connectivity index (χ3n) is 2.25. The van der Waals surface area contributed by atoms with Gasteiger partial charge in [-0.3, -0.25) is 4.79 Å². The molecule has 1 aromatic heterocycles. The lowest BCUT2D eigenvalue weighted by Crippen LogP contribution is -2.19. The van der Waals surface area contributed by atoms with E-state index in [2.05, 4.69) is 20.4 Å². The van der Waals surface area contributed by atoms with E-state index in [4.69, 9.17) is 5.11 Å². The lowest BCUT2D eigenvalue weighted by atomic mass is 10.1. The Kier molecular flexibility index (Phi) is 4.68. The highest BCUT2D eigenvalue weighted by Gasteiger charge is 2.08. The van der Waals surface area contributed by atoms with Gasteiger partial charge in [-0.2, -0.15) is 0 Å². The standard InChI is InChI=1S/C11H10IN5O2/c12-17(6-10(18)19)5-8-2-1-3-9(4-8)11-15-13-7-14-16-11/h1-4,7H,5-6H2,(H,18,19). The van der Waals surface area contributed by atoms with Gasteiger partial charge in [-0.1, -0.05) is 18.2 Å².